The zero-order valence-electron chi connectivity index (χ0n) is 15.0. The smallest absolute Gasteiger partial charge is 0.408 e. The summed E-state index contributed by atoms with van der Waals surface area (Å²) in [6.45, 7) is 13.4. The molecule has 0 aliphatic rings. The van der Waals surface area contributed by atoms with Crippen LogP contribution < -0.4 is 10.6 Å². The summed E-state index contributed by atoms with van der Waals surface area (Å²) in [4.78, 5) is 14.7. The van der Waals surface area contributed by atoms with Crippen molar-refractivity contribution in [2.75, 3.05) is 6.54 Å². The number of aryl methyl sites for hydroxylation is 1. The third-order valence-electron chi connectivity index (χ3n) is 3.79. The SMILES string of the molecule is CCC(CC)(CNCc1cc(Br)c(C)s1)NC(=O)OC(C)(C)C. The first-order valence-electron chi connectivity index (χ1n) is 8.07. The minimum absolute atomic E-state index is 0.286. The van der Waals surface area contributed by atoms with Gasteiger partial charge in [0.2, 0.25) is 0 Å². The number of thiophene rings is 1. The van der Waals surface area contributed by atoms with Crippen LogP contribution in [0.25, 0.3) is 0 Å². The third kappa shape index (κ3) is 6.81. The predicted molar refractivity (Wildman–Crippen MR) is 101 cm³/mol. The molecule has 0 spiro atoms. The van der Waals surface area contributed by atoms with Crippen LogP contribution in [0.2, 0.25) is 0 Å². The first kappa shape index (κ1) is 20.5. The van der Waals surface area contributed by atoms with Crippen molar-refractivity contribution in [2.24, 2.45) is 0 Å². The maximum Gasteiger partial charge on any atom is 0.408 e. The molecular weight excluding hydrogens is 376 g/mol. The summed E-state index contributed by atoms with van der Waals surface area (Å²) in [6.07, 6.45) is 1.35. The highest BCUT2D eigenvalue weighted by molar-refractivity contribution is 9.10. The van der Waals surface area contributed by atoms with Crippen LogP contribution in [0.5, 0.6) is 0 Å². The second kappa shape index (κ2) is 8.49. The zero-order chi connectivity index (χ0) is 17.7. The molecule has 0 fully saturated rings. The number of nitrogens with one attached hydrogen (secondary N) is 2. The monoisotopic (exact) mass is 404 g/mol. The van der Waals surface area contributed by atoms with E-state index in [1.807, 2.05) is 20.8 Å². The molecule has 1 aromatic heterocycles. The average molecular weight is 405 g/mol. The second-order valence-corrected chi connectivity index (χ2v) is 9.03. The van der Waals surface area contributed by atoms with Gasteiger partial charge in [0.15, 0.2) is 0 Å². The first-order valence-corrected chi connectivity index (χ1v) is 9.68. The van der Waals surface area contributed by atoms with Gasteiger partial charge in [-0.25, -0.2) is 4.79 Å². The largest absolute Gasteiger partial charge is 0.444 e. The van der Waals surface area contributed by atoms with Gasteiger partial charge < -0.3 is 15.4 Å². The number of ether oxygens (including phenoxy) is 1. The van der Waals surface area contributed by atoms with Crippen LogP contribution in [-0.4, -0.2) is 23.8 Å². The lowest BCUT2D eigenvalue weighted by molar-refractivity contribution is 0.0446. The molecule has 0 aromatic carbocycles. The molecule has 1 rings (SSSR count). The molecular formula is C17H29BrN2O2S. The van der Waals surface area contributed by atoms with Crippen molar-refractivity contribution in [3.63, 3.8) is 0 Å². The number of carbonyl (C=O) groups is 1. The van der Waals surface area contributed by atoms with Crippen molar-refractivity contribution in [1.82, 2.24) is 10.6 Å². The molecule has 23 heavy (non-hydrogen) atoms. The Kier molecular flexibility index (Phi) is 7.55. The third-order valence-corrected chi connectivity index (χ3v) is 5.93. The second-order valence-electron chi connectivity index (χ2n) is 6.83. The quantitative estimate of drug-likeness (QED) is 0.672. The molecule has 1 heterocycles. The Labute approximate surface area is 152 Å². The van der Waals surface area contributed by atoms with Gasteiger partial charge in [-0.05, 0) is 62.5 Å². The van der Waals surface area contributed by atoms with E-state index in [1.54, 1.807) is 11.3 Å². The van der Waals surface area contributed by atoms with Crippen LogP contribution in [0.1, 0.15) is 57.2 Å². The molecule has 1 aromatic rings. The summed E-state index contributed by atoms with van der Waals surface area (Å²) >= 11 is 5.32. The number of halogens is 1. The van der Waals surface area contributed by atoms with Crippen LogP contribution in [0.4, 0.5) is 4.79 Å². The van der Waals surface area contributed by atoms with Crippen molar-refractivity contribution in [3.05, 3.63) is 20.3 Å². The normalized spacial score (nSPS) is 12.3. The van der Waals surface area contributed by atoms with E-state index in [4.69, 9.17) is 4.74 Å². The predicted octanol–water partition coefficient (Wildman–Crippen LogP) is 4.99. The standard InChI is InChI=1S/C17H29BrN2O2S/c1-7-17(8-2,20-15(21)22-16(4,5)6)11-19-10-13-9-14(18)12(3)23-13/h9,19H,7-8,10-11H2,1-6H3,(H,20,21). The first-order chi connectivity index (χ1) is 10.6. The molecule has 0 bridgehead atoms. The Morgan fingerprint density at radius 1 is 1.30 bits per heavy atom. The Morgan fingerprint density at radius 3 is 2.35 bits per heavy atom. The molecule has 4 nitrogen and oxygen atoms in total. The van der Waals surface area contributed by atoms with E-state index < -0.39 is 5.60 Å². The Bertz CT molecular complexity index is 500. The number of hydrogen-bond acceptors (Lipinski definition) is 4. The van der Waals surface area contributed by atoms with E-state index in [-0.39, 0.29) is 11.6 Å². The number of carbonyl (C=O) groups excluding carboxylic acids is 1. The van der Waals surface area contributed by atoms with E-state index in [0.717, 1.165) is 23.9 Å². The highest BCUT2D eigenvalue weighted by Crippen LogP contribution is 2.26. The van der Waals surface area contributed by atoms with Gasteiger partial charge in [0.05, 0.1) is 5.54 Å². The van der Waals surface area contributed by atoms with Gasteiger partial charge in [0, 0.05) is 27.3 Å². The fourth-order valence-electron chi connectivity index (χ4n) is 2.27. The van der Waals surface area contributed by atoms with Gasteiger partial charge in [0.25, 0.3) is 0 Å². The summed E-state index contributed by atoms with van der Waals surface area (Å²) < 4.78 is 6.55. The van der Waals surface area contributed by atoms with Crippen molar-refractivity contribution >= 4 is 33.4 Å². The molecule has 0 aliphatic carbocycles. The maximum atomic E-state index is 12.1. The lowest BCUT2D eigenvalue weighted by Gasteiger charge is -2.34. The number of amides is 1. The van der Waals surface area contributed by atoms with Gasteiger partial charge in [0.1, 0.15) is 5.60 Å². The van der Waals surface area contributed by atoms with Crippen molar-refractivity contribution in [1.29, 1.82) is 0 Å². The van der Waals surface area contributed by atoms with Gasteiger partial charge >= 0.3 is 6.09 Å². The molecule has 1 amide bonds. The van der Waals surface area contributed by atoms with Crippen LogP contribution >= 0.6 is 27.3 Å². The fraction of sp³-hybridized carbons (Fsp3) is 0.706. The Balaban J connectivity index is 2.60. The molecule has 0 aliphatic heterocycles. The number of hydrogen-bond donors (Lipinski definition) is 2. The van der Waals surface area contributed by atoms with E-state index in [0.29, 0.717) is 6.54 Å². The zero-order valence-corrected chi connectivity index (χ0v) is 17.4. The topological polar surface area (TPSA) is 50.4 Å². The van der Waals surface area contributed by atoms with Crippen LogP contribution in [0.3, 0.4) is 0 Å². The summed E-state index contributed by atoms with van der Waals surface area (Å²) in [5.74, 6) is 0. The lowest BCUT2D eigenvalue weighted by atomic mass is 9.93. The Hall–Kier alpha value is -0.590. The summed E-state index contributed by atoms with van der Waals surface area (Å²) in [5, 5.41) is 6.53. The van der Waals surface area contributed by atoms with Gasteiger partial charge in [-0.15, -0.1) is 11.3 Å². The van der Waals surface area contributed by atoms with Crippen LogP contribution in [0, 0.1) is 6.92 Å². The highest BCUT2D eigenvalue weighted by Gasteiger charge is 2.30. The minimum atomic E-state index is -0.481. The molecule has 0 saturated heterocycles. The molecule has 132 valence electrons. The minimum Gasteiger partial charge on any atom is -0.444 e. The average Bonchev–Trinajstić information content (AvgIpc) is 2.74. The maximum absolute atomic E-state index is 12.1. The molecule has 0 radical (unpaired) electrons. The van der Waals surface area contributed by atoms with E-state index >= 15 is 0 Å². The molecule has 0 unspecified atom stereocenters. The number of alkyl carbamates (subject to hydrolysis) is 1. The summed E-state index contributed by atoms with van der Waals surface area (Å²) in [6, 6.07) is 2.15. The van der Waals surface area contributed by atoms with Crippen molar-refractivity contribution < 1.29 is 9.53 Å². The number of rotatable bonds is 7. The van der Waals surface area contributed by atoms with Gasteiger partial charge in [-0.3, -0.25) is 0 Å². The van der Waals surface area contributed by atoms with E-state index in [2.05, 4.69) is 53.4 Å². The summed E-state index contributed by atoms with van der Waals surface area (Å²) in [5.41, 5.74) is -0.766. The molecule has 0 atom stereocenters. The van der Waals surface area contributed by atoms with Crippen molar-refractivity contribution in [3.8, 4) is 0 Å². The summed E-state index contributed by atoms with van der Waals surface area (Å²) in [7, 11) is 0. The fourth-order valence-corrected chi connectivity index (χ4v) is 3.84. The highest BCUT2D eigenvalue weighted by atomic mass is 79.9. The van der Waals surface area contributed by atoms with E-state index in [1.165, 1.54) is 9.75 Å². The molecule has 6 heteroatoms. The van der Waals surface area contributed by atoms with E-state index in [9.17, 15) is 4.79 Å². The van der Waals surface area contributed by atoms with Crippen LogP contribution in [0.15, 0.2) is 10.5 Å². The Morgan fingerprint density at radius 2 is 1.91 bits per heavy atom. The van der Waals surface area contributed by atoms with Crippen LogP contribution in [-0.2, 0) is 11.3 Å². The van der Waals surface area contributed by atoms with Gasteiger partial charge in [-0.1, -0.05) is 13.8 Å². The van der Waals surface area contributed by atoms with Gasteiger partial charge in [-0.2, -0.15) is 0 Å². The van der Waals surface area contributed by atoms with Crippen molar-refractivity contribution in [2.45, 2.75) is 72.1 Å². The molecule has 2 N–H and O–H groups in total. The molecule has 0 saturated carbocycles. The lowest BCUT2D eigenvalue weighted by Crippen LogP contribution is -2.55.